The summed E-state index contributed by atoms with van der Waals surface area (Å²) in [7, 11) is 1.78. The van der Waals surface area contributed by atoms with Gasteiger partial charge >= 0.3 is 0 Å². The number of nitrogens with two attached hydrogens (primary N) is 1. The van der Waals surface area contributed by atoms with E-state index in [-0.39, 0.29) is 12.1 Å². The lowest BCUT2D eigenvalue weighted by atomic mass is 9.92. The van der Waals surface area contributed by atoms with Crippen molar-refractivity contribution >= 4 is 0 Å². The van der Waals surface area contributed by atoms with Crippen molar-refractivity contribution in [1.29, 1.82) is 0 Å². The van der Waals surface area contributed by atoms with Gasteiger partial charge in [-0.3, -0.25) is 0 Å². The molecule has 2 unspecified atom stereocenters. The number of aryl methyl sites for hydroxylation is 3. The smallest absolute Gasteiger partial charge is 0.0792 e. The molecule has 1 fully saturated rings. The van der Waals surface area contributed by atoms with Crippen molar-refractivity contribution in [2.45, 2.75) is 45.8 Å². The Morgan fingerprint density at radius 1 is 1.12 bits per heavy atom. The summed E-state index contributed by atoms with van der Waals surface area (Å²) in [5.74, 6) is 0.663. The monoisotopic (exact) mass is 233 g/mol. The first-order chi connectivity index (χ1) is 8.04. The van der Waals surface area contributed by atoms with Gasteiger partial charge in [0.05, 0.1) is 12.1 Å². The molecule has 1 aromatic carbocycles. The van der Waals surface area contributed by atoms with Gasteiger partial charge in [-0.25, -0.2) is 0 Å². The number of rotatable bonds is 4. The summed E-state index contributed by atoms with van der Waals surface area (Å²) in [6.07, 6.45) is 2.70. The van der Waals surface area contributed by atoms with Crippen LogP contribution in [-0.2, 0) is 4.74 Å². The second-order valence-corrected chi connectivity index (χ2v) is 5.36. The average molecular weight is 233 g/mol. The molecule has 2 rings (SSSR count). The van der Waals surface area contributed by atoms with Crippen LogP contribution < -0.4 is 5.73 Å². The van der Waals surface area contributed by atoms with Crippen LogP contribution in [0.3, 0.4) is 0 Å². The van der Waals surface area contributed by atoms with E-state index in [1.807, 2.05) is 0 Å². The van der Waals surface area contributed by atoms with Gasteiger partial charge in [0.1, 0.15) is 0 Å². The molecule has 0 aromatic heterocycles. The maximum atomic E-state index is 6.39. The van der Waals surface area contributed by atoms with E-state index in [1.165, 1.54) is 35.1 Å². The highest BCUT2D eigenvalue weighted by Crippen LogP contribution is 2.39. The molecule has 1 aliphatic rings. The van der Waals surface area contributed by atoms with Crippen molar-refractivity contribution in [1.82, 2.24) is 0 Å². The zero-order valence-electron chi connectivity index (χ0n) is 11.3. The second-order valence-electron chi connectivity index (χ2n) is 5.36. The summed E-state index contributed by atoms with van der Waals surface area (Å²) in [4.78, 5) is 0. The molecule has 0 heterocycles. The van der Waals surface area contributed by atoms with Gasteiger partial charge < -0.3 is 10.5 Å². The topological polar surface area (TPSA) is 35.2 Å². The lowest BCUT2D eigenvalue weighted by molar-refractivity contribution is 0.0622. The Bertz CT molecular complexity index is 410. The highest BCUT2D eigenvalue weighted by Gasteiger charge is 2.36. The molecule has 2 N–H and O–H groups in total. The summed E-state index contributed by atoms with van der Waals surface area (Å²) in [5.41, 5.74) is 11.6. The summed E-state index contributed by atoms with van der Waals surface area (Å²) in [6.45, 7) is 6.43. The van der Waals surface area contributed by atoms with Crippen LogP contribution in [0.2, 0.25) is 0 Å². The minimum Gasteiger partial charge on any atom is -0.379 e. The predicted octanol–water partition coefficient (Wildman–Crippen LogP) is 3.04. The third kappa shape index (κ3) is 2.53. The van der Waals surface area contributed by atoms with E-state index < -0.39 is 0 Å². The maximum Gasteiger partial charge on any atom is 0.0792 e. The Kier molecular flexibility index (Phi) is 3.55. The van der Waals surface area contributed by atoms with Crippen molar-refractivity contribution in [3.05, 3.63) is 34.4 Å². The highest BCUT2D eigenvalue weighted by molar-refractivity contribution is 5.38. The van der Waals surface area contributed by atoms with E-state index >= 15 is 0 Å². The molecule has 1 aliphatic carbocycles. The second kappa shape index (κ2) is 4.79. The van der Waals surface area contributed by atoms with Crippen LogP contribution in [0.1, 0.15) is 41.1 Å². The minimum atomic E-state index is 0.00630. The number of benzene rings is 1. The van der Waals surface area contributed by atoms with Gasteiger partial charge in [-0.05, 0) is 61.8 Å². The molecule has 1 saturated carbocycles. The lowest BCUT2D eigenvalue weighted by Gasteiger charge is -2.25. The minimum absolute atomic E-state index is 0.00630. The van der Waals surface area contributed by atoms with E-state index in [2.05, 4.69) is 32.9 Å². The molecule has 1 aromatic rings. The fourth-order valence-electron chi connectivity index (χ4n) is 2.58. The van der Waals surface area contributed by atoms with Gasteiger partial charge in [0, 0.05) is 7.11 Å². The SMILES string of the molecule is COC(C1CC1)C(N)c1cc(C)c(C)cc1C. The largest absolute Gasteiger partial charge is 0.379 e. The van der Waals surface area contributed by atoms with E-state index in [0.29, 0.717) is 5.92 Å². The molecule has 0 bridgehead atoms. The first-order valence-corrected chi connectivity index (χ1v) is 6.40. The first kappa shape index (κ1) is 12.6. The third-order valence-electron chi connectivity index (χ3n) is 3.95. The lowest BCUT2D eigenvalue weighted by Crippen LogP contribution is -2.30. The molecular formula is C15H23NO. The standard InChI is InChI=1S/C15H23NO/c1-9-7-11(3)13(8-10(9)2)14(16)15(17-4)12-5-6-12/h7-8,12,14-15H,5-6,16H2,1-4H3. The number of methoxy groups -OCH3 is 1. The van der Waals surface area contributed by atoms with Crippen LogP contribution in [0, 0.1) is 26.7 Å². The highest BCUT2D eigenvalue weighted by atomic mass is 16.5. The molecule has 2 atom stereocenters. The molecule has 0 aliphatic heterocycles. The van der Waals surface area contributed by atoms with E-state index in [1.54, 1.807) is 7.11 Å². The van der Waals surface area contributed by atoms with Gasteiger partial charge in [-0.1, -0.05) is 12.1 Å². The van der Waals surface area contributed by atoms with Gasteiger partial charge in [0.15, 0.2) is 0 Å². The molecule has 94 valence electrons. The van der Waals surface area contributed by atoms with Crippen molar-refractivity contribution < 1.29 is 4.74 Å². The van der Waals surface area contributed by atoms with Crippen molar-refractivity contribution in [2.24, 2.45) is 11.7 Å². The fourth-order valence-corrected chi connectivity index (χ4v) is 2.58. The van der Waals surface area contributed by atoms with Crippen LogP contribution in [0.4, 0.5) is 0 Å². The maximum absolute atomic E-state index is 6.39. The van der Waals surface area contributed by atoms with E-state index in [0.717, 1.165) is 0 Å². The van der Waals surface area contributed by atoms with Gasteiger partial charge in [-0.15, -0.1) is 0 Å². The molecular weight excluding hydrogens is 210 g/mol. The normalized spacial score (nSPS) is 19.1. The summed E-state index contributed by atoms with van der Waals surface area (Å²) < 4.78 is 5.59. The quantitative estimate of drug-likeness (QED) is 0.867. The first-order valence-electron chi connectivity index (χ1n) is 6.40. The molecule has 17 heavy (non-hydrogen) atoms. The van der Waals surface area contributed by atoms with E-state index in [9.17, 15) is 0 Å². The summed E-state index contributed by atoms with van der Waals surface area (Å²) in [5, 5.41) is 0. The van der Waals surface area contributed by atoms with Crippen molar-refractivity contribution in [3.63, 3.8) is 0 Å². The van der Waals surface area contributed by atoms with Crippen LogP contribution in [0.15, 0.2) is 12.1 Å². The Hall–Kier alpha value is -0.860. The fraction of sp³-hybridized carbons (Fsp3) is 0.600. The van der Waals surface area contributed by atoms with Crippen molar-refractivity contribution in [3.8, 4) is 0 Å². The van der Waals surface area contributed by atoms with Crippen LogP contribution in [-0.4, -0.2) is 13.2 Å². The number of hydrogen-bond donors (Lipinski definition) is 1. The van der Waals surface area contributed by atoms with Gasteiger partial charge in [0.2, 0.25) is 0 Å². The van der Waals surface area contributed by atoms with Gasteiger partial charge in [-0.2, -0.15) is 0 Å². The van der Waals surface area contributed by atoms with Gasteiger partial charge in [0.25, 0.3) is 0 Å². The molecule has 0 amide bonds. The zero-order chi connectivity index (χ0) is 12.6. The Morgan fingerprint density at radius 3 is 2.24 bits per heavy atom. The Labute approximate surface area is 104 Å². The molecule has 2 heteroatoms. The van der Waals surface area contributed by atoms with Crippen LogP contribution in [0.5, 0.6) is 0 Å². The van der Waals surface area contributed by atoms with Crippen LogP contribution in [0.25, 0.3) is 0 Å². The molecule has 0 radical (unpaired) electrons. The Morgan fingerprint density at radius 2 is 1.71 bits per heavy atom. The Balaban J connectivity index is 2.28. The van der Waals surface area contributed by atoms with Crippen LogP contribution >= 0.6 is 0 Å². The molecule has 0 spiro atoms. The molecule has 2 nitrogen and oxygen atoms in total. The molecule has 0 saturated heterocycles. The van der Waals surface area contributed by atoms with E-state index in [4.69, 9.17) is 10.5 Å². The summed E-state index contributed by atoms with van der Waals surface area (Å²) >= 11 is 0. The number of hydrogen-bond acceptors (Lipinski definition) is 2. The third-order valence-corrected chi connectivity index (χ3v) is 3.95. The average Bonchev–Trinajstić information content (AvgIpc) is 3.08. The predicted molar refractivity (Wildman–Crippen MR) is 71.1 cm³/mol. The van der Waals surface area contributed by atoms with Crippen molar-refractivity contribution in [2.75, 3.05) is 7.11 Å². The summed E-state index contributed by atoms with van der Waals surface area (Å²) in [6, 6.07) is 4.46. The number of ether oxygens (including phenoxy) is 1. The zero-order valence-corrected chi connectivity index (χ0v) is 11.3.